The first-order valence-corrected chi connectivity index (χ1v) is 6.38. The Balaban J connectivity index is 2.04. The van der Waals surface area contributed by atoms with E-state index in [0.717, 1.165) is 37.6 Å². The van der Waals surface area contributed by atoms with Crippen LogP contribution in [0.3, 0.4) is 0 Å². The molecular weight excluding hydrogens is 267 g/mol. The first-order chi connectivity index (χ1) is 9.58. The lowest BCUT2D eigenvalue weighted by Crippen LogP contribution is -2.33. The molecule has 0 aromatic heterocycles. The van der Waals surface area contributed by atoms with Gasteiger partial charge in [-0.25, -0.2) is 4.39 Å². The number of rotatable bonds is 4. The van der Waals surface area contributed by atoms with E-state index < -0.39 is 22.3 Å². The summed E-state index contributed by atoms with van der Waals surface area (Å²) < 4.78 is 18.4. The summed E-state index contributed by atoms with van der Waals surface area (Å²) in [6.07, 6.45) is 1.87. The molecular formula is C13H15FN2O4. The van der Waals surface area contributed by atoms with Gasteiger partial charge in [0.15, 0.2) is 0 Å². The normalized spacial score (nSPS) is 18.6. The number of hydrogen-bond donors (Lipinski definition) is 1. The summed E-state index contributed by atoms with van der Waals surface area (Å²) in [5, 5.41) is 13.4. The summed E-state index contributed by atoms with van der Waals surface area (Å²) in [6.45, 7) is 1.65. The van der Waals surface area contributed by atoms with E-state index in [4.69, 9.17) is 4.74 Å². The topological polar surface area (TPSA) is 81.5 Å². The molecule has 0 saturated carbocycles. The summed E-state index contributed by atoms with van der Waals surface area (Å²) in [7, 11) is 0. The third-order valence-corrected chi connectivity index (χ3v) is 3.21. The Labute approximate surface area is 115 Å². The fourth-order valence-electron chi connectivity index (χ4n) is 2.15. The van der Waals surface area contributed by atoms with Crippen molar-refractivity contribution in [2.24, 2.45) is 5.92 Å². The third-order valence-electron chi connectivity index (χ3n) is 3.21. The van der Waals surface area contributed by atoms with Crippen LogP contribution in [0.15, 0.2) is 18.2 Å². The highest BCUT2D eigenvalue weighted by atomic mass is 19.1. The maximum absolute atomic E-state index is 13.1. The first kappa shape index (κ1) is 14.4. The van der Waals surface area contributed by atoms with Crippen molar-refractivity contribution < 1.29 is 18.8 Å². The van der Waals surface area contributed by atoms with Crippen LogP contribution in [-0.2, 0) is 4.74 Å². The lowest BCUT2D eigenvalue weighted by Gasteiger charge is -2.22. The second-order valence-electron chi connectivity index (χ2n) is 4.71. The van der Waals surface area contributed by atoms with Crippen LogP contribution < -0.4 is 5.32 Å². The number of halogens is 1. The molecule has 108 valence electrons. The Morgan fingerprint density at radius 2 is 2.35 bits per heavy atom. The van der Waals surface area contributed by atoms with Gasteiger partial charge in [-0.2, -0.15) is 0 Å². The molecule has 1 aliphatic heterocycles. The number of ether oxygens (including phenoxy) is 1. The van der Waals surface area contributed by atoms with Crippen LogP contribution in [0.5, 0.6) is 0 Å². The molecule has 1 aromatic carbocycles. The molecule has 1 saturated heterocycles. The van der Waals surface area contributed by atoms with E-state index >= 15 is 0 Å². The van der Waals surface area contributed by atoms with Crippen LogP contribution in [0, 0.1) is 21.8 Å². The van der Waals surface area contributed by atoms with Gasteiger partial charge in [-0.1, -0.05) is 0 Å². The first-order valence-electron chi connectivity index (χ1n) is 6.38. The molecule has 2 rings (SSSR count). The molecule has 1 N–H and O–H groups in total. The zero-order valence-electron chi connectivity index (χ0n) is 10.8. The highest BCUT2D eigenvalue weighted by Crippen LogP contribution is 2.20. The van der Waals surface area contributed by atoms with Crippen molar-refractivity contribution in [2.45, 2.75) is 12.8 Å². The van der Waals surface area contributed by atoms with Crippen LogP contribution in [0.2, 0.25) is 0 Å². The van der Waals surface area contributed by atoms with Gasteiger partial charge in [0.2, 0.25) is 0 Å². The second-order valence-corrected chi connectivity index (χ2v) is 4.71. The maximum atomic E-state index is 13.1. The van der Waals surface area contributed by atoms with E-state index in [1.807, 2.05) is 0 Å². The quantitative estimate of drug-likeness (QED) is 0.675. The number of nitro groups is 1. The van der Waals surface area contributed by atoms with Gasteiger partial charge < -0.3 is 10.1 Å². The SMILES string of the molecule is O=C(NCC1CCCOC1)c1cc(F)ccc1[N+](=O)[O-]. The average molecular weight is 282 g/mol. The van der Waals surface area contributed by atoms with E-state index in [9.17, 15) is 19.3 Å². The largest absolute Gasteiger partial charge is 0.381 e. The third kappa shape index (κ3) is 3.51. The Morgan fingerprint density at radius 3 is 3.00 bits per heavy atom. The van der Waals surface area contributed by atoms with Gasteiger partial charge in [0.25, 0.3) is 11.6 Å². The summed E-state index contributed by atoms with van der Waals surface area (Å²) in [6, 6.07) is 2.84. The number of nitrogens with one attached hydrogen (secondary N) is 1. The zero-order chi connectivity index (χ0) is 14.5. The molecule has 1 aliphatic rings. The summed E-state index contributed by atoms with van der Waals surface area (Å²) >= 11 is 0. The number of benzene rings is 1. The minimum absolute atomic E-state index is 0.195. The number of nitro benzene ring substituents is 1. The van der Waals surface area contributed by atoms with Crippen LogP contribution in [0.1, 0.15) is 23.2 Å². The average Bonchev–Trinajstić information content (AvgIpc) is 2.45. The summed E-state index contributed by atoms with van der Waals surface area (Å²) in [5.41, 5.74) is -0.657. The predicted molar refractivity (Wildman–Crippen MR) is 68.9 cm³/mol. The molecule has 20 heavy (non-hydrogen) atoms. The highest BCUT2D eigenvalue weighted by molar-refractivity contribution is 5.98. The molecule has 1 heterocycles. The molecule has 1 amide bonds. The molecule has 0 bridgehead atoms. The molecule has 0 aliphatic carbocycles. The molecule has 0 radical (unpaired) electrons. The van der Waals surface area contributed by atoms with Crippen molar-refractivity contribution >= 4 is 11.6 Å². The van der Waals surface area contributed by atoms with Crippen LogP contribution in [-0.4, -0.2) is 30.6 Å². The van der Waals surface area contributed by atoms with Crippen LogP contribution >= 0.6 is 0 Å². The second kappa shape index (κ2) is 6.42. The Bertz CT molecular complexity index is 515. The Morgan fingerprint density at radius 1 is 1.55 bits per heavy atom. The highest BCUT2D eigenvalue weighted by Gasteiger charge is 2.22. The molecule has 1 unspecified atom stereocenters. The fraction of sp³-hybridized carbons (Fsp3) is 0.462. The molecule has 0 spiro atoms. The molecule has 1 aromatic rings. The van der Waals surface area contributed by atoms with E-state index in [1.54, 1.807) is 0 Å². The predicted octanol–water partition coefficient (Wildman–Crippen LogP) is 1.89. The molecule has 7 heteroatoms. The number of nitrogens with zero attached hydrogens (tertiary/aromatic N) is 1. The minimum atomic E-state index is -0.696. The zero-order valence-corrected chi connectivity index (χ0v) is 10.8. The van der Waals surface area contributed by atoms with E-state index in [1.165, 1.54) is 0 Å². The van der Waals surface area contributed by atoms with E-state index in [-0.39, 0.29) is 11.5 Å². The number of carbonyl (C=O) groups excluding carboxylic acids is 1. The van der Waals surface area contributed by atoms with Crippen molar-refractivity contribution in [1.82, 2.24) is 5.32 Å². The fourth-order valence-corrected chi connectivity index (χ4v) is 2.15. The summed E-state index contributed by atoms with van der Waals surface area (Å²) in [5.74, 6) is -1.12. The van der Waals surface area contributed by atoms with Crippen molar-refractivity contribution in [3.05, 3.63) is 39.7 Å². The van der Waals surface area contributed by atoms with Gasteiger partial charge in [0.05, 0.1) is 11.5 Å². The molecule has 1 atom stereocenters. The van der Waals surface area contributed by atoms with Crippen molar-refractivity contribution in [2.75, 3.05) is 19.8 Å². The van der Waals surface area contributed by atoms with Gasteiger partial charge in [0.1, 0.15) is 11.4 Å². The van der Waals surface area contributed by atoms with Crippen molar-refractivity contribution in [1.29, 1.82) is 0 Å². The van der Waals surface area contributed by atoms with Gasteiger partial charge in [-0.3, -0.25) is 14.9 Å². The Kier molecular flexibility index (Phi) is 4.62. The minimum Gasteiger partial charge on any atom is -0.381 e. The van der Waals surface area contributed by atoms with Gasteiger partial charge in [-0.05, 0) is 30.9 Å². The van der Waals surface area contributed by atoms with Gasteiger partial charge >= 0.3 is 0 Å². The van der Waals surface area contributed by atoms with E-state index in [0.29, 0.717) is 13.2 Å². The van der Waals surface area contributed by atoms with Crippen molar-refractivity contribution in [3.63, 3.8) is 0 Å². The summed E-state index contributed by atoms with van der Waals surface area (Å²) in [4.78, 5) is 22.1. The Hall–Kier alpha value is -2.02. The lowest BCUT2D eigenvalue weighted by atomic mass is 10.0. The van der Waals surface area contributed by atoms with Gasteiger partial charge in [-0.15, -0.1) is 0 Å². The maximum Gasteiger partial charge on any atom is 0.282 e. The lowest BCUT2D eigenvalue weighted by molar-refractivity contribution is -0.385. The van der Waals surface area contributed by atoms with Crippen LogP contribution in [0.4, 0.5) is 10.1 Å². The number of amides is 1. The van der Waals surface area contributed by atoms with Crippen LogP contribution in [0.25, 0.3) is 0 Å². The number of carbonyl (C=O) groups is 1. The van der Waals surface area contributed by atoms with Crippen molar-refractivity contribution in [3.8, 4) is 0 Å². The molecule has 6 nitrogen and oxygen atoms in total. The standard InChI is InChI=1S/C13H15FN2O4/c14-10-3-4-12(16(18)19)11(6-10)13(17)15-7-9-2-1-5-20-8-9/h3-4,6,9H,1-2,5,7-8H2,(H,15,17). The number of hydrogen-bond acceptors (Lipinski definition) is 4. The van der Waals surface area contributed by atoms with Gasteiger partial charge in [0, 0.05) is 19.2 Å². The smallest absolute Gasteiger partial charge is 0.282 e. The monoisotopic (exact) mass is 282 g/mol. The van der Waals surface area contributed by atoms with E-state index in [2.05, 4.69) is 5.32 Å². The molecule has 1 fully saturated rings.